The summed E-state index contributed by atoms with van der Waals surface area (Å²) in [6.07, 6.45) is 1.12. The number of nitrogens with zero attached hydrogens (tertiary/aromatic N) is 1. The fourth-order valence-electron chi connectivity index (χ4n) is 0.982. The van der Waals surface area contributed by atoms with Gasteiger partial charge in [0, 0.05) is 0 Å². The van der Waals surface area contributed by atoms with Gasteiger partial charge in [-0.25, -0.2) is 0 Å². The first-order chi connectivity index (χ1) is 6.76. The van der Waals surface area contributed by atoms with Gasteiger partial charge in [-0.2, -0.15) is 5.26 Å². The minimum absolute atomic E-state index is 0.575. The van der Waals surface area contributed by atoms with Crippen molar-refractivity contribution in [2.24, 2.45) is 5.92 Å². The van der Waals surface area contributed by atoms with Crippen molar-refractivity contribution in [2.75, 3.05) is 6.61 Å². The zero-order chi connectivity index (χ0) is 10.4. The monoisotopic (exact) mass is 189 g/mol. The molecule has 1 unspecified atom stereocenters. The Kier molecular flexibility index (Phi) is 4.00. The molecule has 1 atom stereocenters. The molecule has 0 radical (unpaired) electrons. The van der Waals surface area contributed by atoms with Crippen LogP contribution in [-0.4, -0.2) is 6.61 Å². The fraction of sp³-hybridized carbons (Fsp3) is 0.417. The molecule has 0 aromatic heterocycles. The molecule has 0 aliphatic rings. The van der Waals surface area contributed by atoms with E-state index in [0.717, 1.165) is 18.8 Å². The second-order valence-corrected chi connectivity index (χ2v) is 3.46. The molecule has 1 aromatic rings. The van der Waals surface area contributed by atoms with Gasteiger partial charge in [-0.3, -0.25) is 0 Å². The Hall–Kier alpha value is -1.49. The standard InChI is InChI=1S/C12H15NO/c1-3-10(2)9-14-12-6-4-11(8-13)5-7-12/h4-7,10H,3,9H2,1-2H3. The van der Waals surface area contributed by atoms with E-state index in [1.165, 1.54) is 0 Å². The van der Waals surface area contributed by atoms with E-state index >= 15 is 0 Å². The molecule has 2 nitrogen and oxygen atoms in total. The molecular formula is C12H15NO. The number of rotatable bonds is 4. The van der Waals surface area contributed by atoms with Crippen molar-refractivity contribution in [3.63, 3.8) is 0 Å². The van der Waals surface area contributed by atoms with E-state index in [4.69, 9.17) is 10.00 Å². The smallest absolute Gasteiger partial charge is 0.119 e. The highest BCUT2D eigenvalue weighted by Crippen LogP contribution is 2.13. The molecule has 0 bridgehead atoms. The van der Waals surface area contributed by atoms with Crippen LogP contribution in [-0.2, 0) is 0 Å². The van der Waals surface area contributed by atoms with Gasteiger partial charge in [0.2, 0.25) is 0 Å². The minimum Gasteiger partial charge on any atom is -0.493 e. The molecule has 0 saturated heterocycles. The van der Waals surface area contributed by atoms with Gasteiger partial charge in [0.15, 0.2) is 0 Å². The third-order valence-corrected chi connectivity index (χ3v) is 2.21. The average molecular weight is 189 g/mol. The Morgan fingerprint density at radius 2 is 2.00 bits per heavy atom. The van der Waals surface area contributed by atoms with E-state index in [2.05, 4.69) is 19.9 Å². The highest BCUT2D eigenvalue weighted by molar-refractivity contribution is 5.34. The Bertz CT molecular complexity index is 310. The molecule has 0 fully saturated rings. The van der Waals surface area contributed by atoms with Gasteiger partial charge in [0.1, 0.15) is 5.75 Å². The van der Waals surface area contributed by atoms with Crippen LogP contribution in [0.5, 0.6) is 5.75 Å². The van der Waals surface area contributed by atoms with Crippen LogP contribution in [0, 0.1) is 17.2 Å². The number of hydrogen-bond acceptors (Lipinski definition) is 2. The summed E-state index contributed by atoms with van der Waals surface area (Å²) in [5.41, 5.74) is 0.667. The van der Waals surface area contributed by atoms with Crippen LogP contribution in [0.15, 0.2) is 24.3 Å². The second-order valence-electron chi connectivity index (χ2n) is 3.46. The molecule has 0 spiro atoms. The molecule has 0 N–H and O–H groups in total. The predicted octanol–water partition coefficient (Wildman–Crippen LogP) is 2.98. The molecule has 1 aromatic carbocycles. The van der Waals surface area contributed by atoms with Gasteiger partial charge in [0.05, 0.1) is 18.2 Å². The van der Waals surface area contributed by atoms with Crippen molar-refractivity contribution in [1.82, 2.24) is 0 Å². The number of ether oxygens (including phenoxy) is 1. The topological polar surface area (TPSA) is 33.0 Å². The summed E-state index contributed by atoms with van der Waals surface area (Å²) in [6.45, 7) is 5.04. The molecule has 0 aliphatic heterocycles. The zero-order valence-corrected chi connectivity index (χ0v) is 8.66. The summed E-state index contributed by atoms with van der Waals surface area (Å²) in [6, 6.07) is 9.28. The second kappa shape index (κ2) is 5.29. The van der Waals surface area contributed by atoms with Crippen LogP contribution in [0.4, 0.5) is 0 Å². The first-order valence-electron chi connectivity index (χ1n) is 4.89. The van der Waals surface area contributed by atoms with Crippen molar-refractivity contribution in [3.8, 4) is 11.8 Å². The van der Waals surface area contributed by atoms with E-state index in [0.29, 0.717) is 11.5 Å². The lowest BCUT2D eigenvalue weighted by Crippen LogP contribution is -2.06. The van der Waals surface area contributed by atoms with Crippen molar-refractivity contribution in [2.45, 2.75) is 20.3 Å². The zero-order valence-electron chi connectivity index (χ0n) is 8.66. The van der Waals surface area contributed by atoms with Gasteiger partial charge in [-0.1, -0.05) is 20.3 Å². The lowest BCUT2D eigenvalue weighted by atomic mass is 10.1. The summed E-state index contributed by atoms with van der Waals surface area (Å²) in [5, 5.41) is 8.59. The van der Waals surface area contributed by atoms with Gasteiger partial charge in [-0.15, -0.1) is 0 Å². The lowest BCUT2D eigenvalue weighted by Gasteiger charge is -2.10. The van der Waals surface area contributed by atoms with E-state index in [1.807, 2.05) is 12.1 Å². The highest BCUT2D eigenvalue weighted by Gasteiger charge is 1.99. The predicted molar refractivity (Wildman–Crippen MR) is 56.1 cm³/mol. The minimum atomic E-state index is 0.575. The van der Waals surface area contributed by atoms with Crippen molar-refractivity contribution < 1.29 is 4.74 Å². The molecule has 14 heavy (non-hydrogen) atoms. The molecular weight excluding hydrogens is 174 g/mol. The molecule has 1 rings (SSSR count). The average Bonchev–Trinajstić information content (AvgIpc) is 2.26. The quantitative estimate of drug-likeness (QED) is 0.729. The van der Waals surface area contributed by atoms with Crippen LogP contribution in [0.1, 0.15) is 25.8 Å². The largest absolute Gasteiger partial charge is 0.493 e. The Labute approximate surface area is 85.1 Å². The Morgan fingerprint density at radius 3 is 2.50 bits per heavy atom. The highest BCUT2D eigenvalue weighted by atomic mass is 16.5. The van der Waals surface area contributed by atoms with Crippen LogP contribution in [0.3, 0.4) is 0 Å². The van der Waals surface area contributed by atoms with Crippen LogP contribution >= 0.6 is 0 Å². The summed E-state index contributed by atoms with van der Waals surface area (Å²) >= 11 is 0. The first-order valence-corrected chi connectivity index (χ1v) is 4.89. The third kappa shape index (κ3) is 3.10. The number of benzene rings is 1. The maximum Gasteiger partial charge on any atom is 0.119 e. The summed E-state index contributed by atoms with van der Waals surface area (Å²) in [4.78, 5) is 0. The Morgan fingerprint density at radius 1 is 1.36 bits per heavy atom. The number of hydrogen-bond donors (Lipinski definition) is 0. The molecule has 0 aliphatic carbocycles. The van der Waals surface area contributed by atoms with E-state index in [-0.39, 0.29) is 0 Å². The molecule has 0 heterocycles. The maximum absolute atomic E-state index is 8.59. The van der Waals surface area contributed by atoms with Crippen molar-refractivity contribution >= 4 is 0 Å². The molecule has 2 heteroatoms. The SMILES string of the molecule is CCC(C)COc1ccc(C#N)cc1. The molecule has 0 saturated carbocycles. The normalized spacial score (nSPS) is 11.8. The van der Waals surface area contributed by atoms with E-state index in [1.54, 1.807) is 12.1 Å². The van der Waals surface area contributed by atoms with E-state index < -0.39 is 0 Å². The maximum atomic E-state index is 8.59. The lowest BCUT2D eigenvalue weighted by molar-refractivity contribution is 0.256. The van der Waals surface area contributed by atoms with Gasteiger partial charge in [-0.05, 0) is 30.2 Å². The van der Waals surface area contributed by atoms with Gasteiger partial charge >= 0.3 is 0 Å². The summed E-state index contributed by atoms with van der Waals surface area (Å²) < 4.78 is 5.55. The van der Waals surface area contributed by atoms with Gasteiger partial charge in [0.25, 0.3) is 0 Å². The molecule has 74 valence electrons. The summed E-state index contributed by atoms with van der Waals surface area (Å²) in [7, 11) is 0. The Balaban J connectivity index is 2.49. The summed E-state index contributed by atoms with van der Waals surface area (Å²) in [5.74, 6) is 1.41. The van der Waals surface area contributed by atoms with Crippen LogP contribution in [0.2, 0.25) is 0 Å². The van der Waals surface area contributed by atoms with Crippen LogP contribution < -0.4 is 4.74 Å². The van der Waals surface area contributed by atoms with Crippen molar-refractivity contribution in [3.05, 3.63) is 29.8 Å². The first kappa shape index (κ1) is 10.6. The van der Waals surface area contributed by atoms with E-state index in [9.17, 15) is 0 Å². The van der Waals surface area contributed by atoms with Crippen LogP contribution in [0.25, 0.3) is 0 Å². The number of nitriles is 1. The fourth-order valence-corrected chi connectivity index (χ4v) is 0.982. The molecule has 0 amide bonds. The third-order valence-electron chi connectivity index (χ3n) is 2.21. The van der Waals surface area contributed by atoms with Crippen molar-refractivity contribution in [1.29, 1.82) is 5.26 Å². The van der Waals surface area contributed by atoms with Gasteiger partial charge < -0.3 is 4.74 Å².